The van der Waals surface area contributed by atoms with Gasteiger partial charge in [0.05, 0.1) is 17.7 Å². The first-order chi connectivity index (χ1) is 19.8. The normalized spacial score (nSPS) is 21.2. The number of anilines is 2. The number of carbonyl (C=O) groups is 2. The number of amides is 3. The third-order valence-electron chi connectivity index (χ3n) is 7.94. The molecule has 1 saturated heterocycles. The van der Waals surface area contributed by atoms with Crippen molar-refractivity contribution in [3.05, 3.63) is 129 Å². The highest BCUT2D eigenvalue weighted by Crippen LogP contribution is 2.60. The van der Waals surface area contributed by atoms with Crippen molar-refractivity contribution in [3.8, 4) is 6.07 Å². The molecular formula is C32H23Cl2FN4O2. The minimum Gasteiger partial charge on any atom is -0.325 e. The number of carbonyl (C=O) groups excluding carboxylic acids is 2. The lowest BCUT2D eigenvalue weighted by molar-refractivity contribution is -0.125. The van der Waals surface area contributed by atoms with E-state index in [1.165, 1.54) is 12.1 Å². The van der Waals surface area contributed by atoms with Crippen molar-refractivity contribution in [3.63, 3.8) is 0 Å². The molecule has 2 aliphatic heterocycles. The molecule has 0 saturated carbocycles. The lowest BCUT2D eigenvalue weighted by atomic mass is 9.59. The average Bonchev–Trinajstić information content (AvgIpc) is 3.24. The Morgan fingerprint density at radius 3 is 2.49 bits per heavy atom. The molecule has 2 heterocycles. The van der Waals surface area contributed by atoms with Gasteiger partial charge in [-0.2, -0.15) is 5.26 Å². The molecule has 0 aromatic heterocycles. The minimum absolute atomic E-state index is 0.274. The second-order valence-electron chi connectivity index (χ2n) is 10.2. The summed E-state index contributed by atoms with van der Waals surface area (Å²) in [6, 6.07) is 25.8. The van der Waals surface area contributed by atoms with Crippen LogP contribution in [0.3, 0.4) is 0 Å². The number of hydrogen-bond donors (Lipinski definition) is 2. The van der Waals surface area contributed by atoms with Crippen molar-refractivity contribution < 1.29 is 14.0 Å². The Morgan fingerprint density at radius 2 is 1.73 bits per heavy atom. The van der Waals surface area contributed by atoms with Crippen molar-refractivity contribution in [1.82, 2.24) is 4.90 Å². The standard InChI is InChI=1S/C32H23Cl2FN4O2/c33-22-9-7-20(8-10-22)26-13-14-39(31(41)37-25-6-1-3-19(15-25)18-36)29(21-4-2-5-24(35)16-21)32(26)27-12-11-23(34)17-28(27)38-30(32)40/h1-12,15-17,26,29H,13-14H2,(H,37,41)(H,38,40)/t26-,29+,32+/m1/s1. The van der Waals surface area contributed by atoms with Crippen LogP contribution in [0.25, 0.3) is 0 Å². The molecule has 0 radical (unpaired) electrons. The molecule has 4 aromatic carbocycles. The molecule has 6 nitrogen and oxygen atoms in total. The van der Waals surface area contributed by atoms with Crippen LogP contribution in [0.2, 0.25) is 10.0 Å². The summed E-state index contributed by atoms with van der Waals surface area (Å²) in [5.74, 6) is -1.18. The fourth-order valence-corrected chi connectivity index (χ4v) is 6.63. The zero-order valence-corrected chi connectivity index (χ0v) is 23.1. The van der Waals surface area contributed by atoms with E-state index in [2.05, 4.69) is 16.7 Å². The number of piperidine rings is 1. The van der Waals surface area contributed by atoms with Gasteiger partial charge in [0, 0.05) is 33.9 Å². The van der Waals surface area contributed by atoms with E-state index < -0.39 is 23.3 Å². The van der Waals surface area contributed by atoms with Gasteiger partial charge in [0.2, 0.25) is 5.91 Å². The number of urea groups is 1. The monoisotopic (exact) mass is 584 g/mol. The number of rotatable bonds is 3. The van der Waals surface area contributed by atoms with Gasteiger partial charge in [0.1, 0.15) is 11.2 Å². The van der Waals surface area contributed by atoms with Gasteiger partial charge >= 0.3 is 6.03 Å². The first-order valence-corrected chi connectivity index (χ1v) is 13.8. The summed E-state index contributed by atoms with van der Waals surface area (Å²) in [6.45, 7) is 0.274. The third-order valence-corrected chi connectivity index (χ3v) is 8.43. The SMILES string of the molecule is N#Cc1cccc(NC(=O)N2CC[C@H](c3ccc(Cl)cc3)[C@@]3(C(=O)Nc4cc(Cl)ccc43)[C@@H]2c2cccc(F)c2)c1. The van der Waals surface area contributed by atoms with Crippen LogP contribution in [0.4, 0.5) is 20.6 Å². The summed E-state index contributed by atoms with van der Waals surface area (Å²) < 4.78 is 14.8. The Balaban J connectivity index is 1.56. The van der Waals surface area contributed by atoms with Crippen LogP contribution in [-0.2, 0) is 10.2 Å². The molecule has 2 N–H and O–H groups in total. The van der Waals surface area contributed by atoms with E-state index in [4.69, 9.17) is 23.2 Å². The van der Waals surface area contributed by atoms with E-state index in [9.17, 15) is 19.2 Å². The van der Waals surface area contributed by atoms with Gasteiger partial charge in [-0.25, -0.2) is 9.18 Å². The average molecular weight is 585 g/mol. The second-order valence-corrected chi connectivity index (χ2v) is 11.1. The summed E-state index contributed by atoms with van der Waals surface area (Å²) >= 11 is 12.5. The fraction of sp³-hybridized carbons (Fsp3) is 0.156. The van der Waals surface area contributed by atoms with Gasteiger partial charge in [-0.15, -0.1) is 0 Å². The number of nitriles is 1. The summed E-state index contributed by atoms with van der Waals surface area (Å²) in [6.07, 6.45) is 0.439. The van der Waals surface area contributed by atoms with E-state index in [-0.39, 0.29) is 18.4 Å². The van der Waals surface area contributed by atoms with Gasteiger partial charge in [-0.1, -0.05) is 59.6 Å². The summed E-state index contributed by atoms with van der Waals surface area (Å²) in [5, 5.41) is 16.2. The van der Waals surface area contributed by atoms with Crippen LogP contribution < -0.4 is 10.6 Å². The number of hydrogen-bond acceptors (Lipinski definition) is 3. The van der Waals surface area contributed by atoms with E-state index in [1.54, 1.807) is 65.6 Å². The molecule has 41 heavy (non-hydrogen) atoms. The van der Waals surface area contributed by atoms with Gasteiger partial charge in [0.15, 0.2) is 0 Å². The Hall–Kier alpha value is -4.38. The number of likely N-dealkylation sites (tertiary alicyclic amines) is 1. The van der Waals surface area contributed by atoms with Crippen LogP contribution in [0.15, 0.2) is 91.0 Å². The molecule has 1 fully saturated rings. The van der Waals surface area contributed by atoms with Crippen molar-refractivity contribution in [2.75, 3.05) is 17.2 Å². The number of nitrogens with zero attached hydrogens (tertiary/aromatic N) is 2. The highest BCUT2D eigenvalue weighted by atomic mass is 35.5. The smallest absolute Gasteiger partial charge is 0.322 e. The molecule has 1 spiro atoms. The molecule has 3 amide bonds. The van der Waals surface area contributed by atoms with E-state index in [0.29, 0.717) is 44.5 Å². The van der Waals surface area contributed by atoms with Crippen LogP contribution in [0, 0.1) is 17.1 Å². The van der Waals surface area contributed by atoms with Gasteiger partial charge in [-0.05, 0) is 77.7 Å². The molecule has 0 aliphatic carbocycles. The molecule has 0 unspecified atom stereocenters. The van der Waals surface area contributed by atoms with Gasteiger partial charge in [0.25, 0.3) is 0 Å². The maximum Gasteiger partial charge on any atom is 0.322 e. The first kappa shape index (κ1) is 26.8. The van der Waals surface area contributed by atoms with Crippen molar-refractivity contribution in [2.45, 2.75) is 23.8 Å². The molecular weight excluding hydrogens is 562 g/mol. The summed E-state index contributed by atoms with van der Waals surface area (Å²) in [7, 11) is 0. The predicted molar refractivity (Wildman–Crippen MR) is 157 cm³/mol. The maximum absolute atomic E-state index is 14.8. The summed E-state index contributed by atoms with van der Waals surface area (Å²) in [5.41, 5.74) is 2.06. The van der Waals surface area contributed by atoms with Crippen LogP contribution in [0.5, 0.6) is 0 Å². The van der Waals surface area contributed by atoms with Gasteiger partial charge < -0.3 is 15.5 Å². The summed E-state index contributed by atoms with van der Waals surface area (Å²) in [4.78, 5) is 30.0. The Bertz CT molecular complexity index is 1720. The molecule has 6 rings (SSSR count). The highest BCUT2D eigenvalue weighted by molar-refractivity contribution is 6.31. The quantitative estimate of drug-likeness (QED) is 0.259. The third kappa shape index (κ3) is 4.59. The molecule has 9 heteroatoms. The van der Waals surface area contributed by atoms with E-state index in [0.717, 1.165) is 5.56 Å². The van der Waals surface area contributed by atoms with E-state index >= 15 is 0 Å². The van der Waals surface area contributed by atoms with Crippen molar-refractivity contribution in [1.29, 1.82) is 5.26 Å². The largest absolute Gasteiger partial charge is 0.325 e. The zero-order valence-electron chi connectivity index (χ0n) is 21.6. The highest BCUT2D eigenvalue weighted by Gasteiger charge is 2.62. The number of halogens is 3. The number of nitrogens with one attached hydrogen (secondary N) is 2. The Labute approximate surface area is 246 Å². The zero-order chi connectivity index (χ0) is 28.7. The predicted octanol–water partition coefficient (Wildman–Crippen LogP) is 7.66. The first-order valence-electron chi connectivity index (χ1n) is 13.0. The van der Waals surface area contributed by atoms with Crippen molar-refractivity contribution in [2.24, 2.45) is 0 Å². The van der Waals surface area contributed by atoms with Crippen molar-refractivity contribution >= 4 is 46.5 Å². The topological polar surface area (TPSA) is 85.2 Å². The maximum atomic E-state index is 14.8. The molecule has 204 valence electrons. The second kappa shape index (κ2) is 10.5. The Morgan fingerprint density at radius 1 is 0.976 bits per heavy atom. The minimum atomic E-state index is -1.33. The Kier molecular flexibility index (Phi) is 6.90. The fourth-order valence-electron chi connectivity index (χ4n) is 6.33. The van der Waals surface area contributed by atoms with Crippen LogP contribution in [0.1, 0.15) is 40.6 Å². The van der Waals surface area contributed by atoms with E-state index in [1.807, 2.05) is 18.2 Å². The number of fused-ring (bicyclic) bond motifs is 2. The van der Waals surface area contributed by atoms with Crippen LogP contribution >= 0.6 is 23.2 Å². The molecule has 0 bridgehead atoms. The molecule has 3 atom stereocenters. The molecule has 2 aliphatic rings. The van der Waals surface area contributed by atoms with Crippen LogP contribution in [-0.4, -0.2) is 23.4 Å². The van der Waals surface area contributed by atoms with Gasteiger partial charge in [-0.3, -0.25) is 4.79 Å². The molecule has 4 aromatic rings. The number of benzene rings is 4. The lowest BCUT2D eigenvalue weighted by Crippen LogP contribution is -2.58. The lowest BCUT2D eigenvalue weighted by Gasteiger charge is -2.51.